The zero-order valence-corrected chi connectivity index (χ0v) is 10.2. The van der Waals surface area contributed by atoms with Crippen LogP contribution < -0.4 is 5.56 Å². The van der Waals surface area contributed by atoms with E-state index in [1.54, 1.807) is 6.07 Å². The zero-order chi connectivity index (χ0) is 13.8. The number of ether oxygens (including phenoxy) is 1. The summed E-state index contributed by atoms with van der Waals surface area (Å²) in [6.45, 7) is 0.884. The van der Waals surface area contributed by atoms with Crippen molar-refractivity contribution >= 4 is 5.69 Å². The van der Waals surface area contributed by atoms with Crippen molar-refractivity contribution in [2.24, 2.45) is 0 Å². The van der Waals surface area contributed by atoms with Gasteiger partial charge in [-0.3, -0.25) is 14.9 Å². The Morgan fingerprint density at radius 2 is 2.37 bits per heavy atom. The molecule has 1 aliphatic rings. The third-order valence-electron chi connectivity index (χ3n) is 3.08. The van der Waals surface area contributed by atoms with Crippen LogP contribution in [0.5, 0.6) is 0 Å². The third kappa shape index (κ3) is 2.98. The summed E-state index contributed by atoms with van der Waals surface area (Å²) in [5.41, 5.74) is -0.987. The van der Waals surface area contributed by atoms with Gasteiger partial charge in [0.15, 0.2) is 0 Å². The number of hydrogen-bond donors (Lipinski definition) is 0. The maximum absolute atomic E-state index is 11.9. The minimum atomic E-state index is -0.613. The van der Waals surface area contributed by atoms with E-state index in [4.69, 9.17) is 10.00 Å². The lowest BCUT2D eigenvalue weighted by Gasteiger charge is -2.23. The number of nitriles is 1. The van der Waals surface area contributed by atoms with Crippen LogP contribution in [0.15, 0.2) is 17.1 Å². The van der Waals surface area contributed by atoms with Crippen molar-refractivity contribution < 1.29 is 9.66 Å². The van der Waals surface area contributed by atoms with Crippen molar-refractivity contribution in [1.29, 1.82) is 5.26 Å². The molecule has 0 saturated carbocycles. The fourth-order valence-electron chi connectivity index (χ4n) is 2.11. The van der Waals surface area contributed by atoms with Crippen LogP contribution in [0.3, 0.4) is 0 Å². The van der Waals surface area contributed by atoms with Gasteiger partial charge < -0.3 is 9.30 Å². The molecule has 7 nitrogen and oxygen atoms in total. The maximum Gasteiger partial charge on any atom is 0.287 e. The Balaban J connectivity index is 2.33. The van der Waals surface area contributed by atoms with Gasteiger partial charge in [0.1, 0.15) is 11.6 Å². The molecule has 1 atom stereocenters. The average molecular weight is 263 g/mol. The second-order valence-corrected chi connectivity index (χ2v) is 4.43. The first-order valence-electron chi connectivity index (χ1n) is 6.02. The Morgan fingerprint density at radius 3 is 2.95 bits per heavy atom. The first-order chi connectivity index (χ1) is 9.11. The minimum absolute atomic E-state index is 0.125. The normalized spacial score (nSPS) is 18.8. The van der Waals surface area contributed by atoms with Crippen LogP contribution >= 0.6 is 0 Å². The SMILES string of the molecule is N#Cc1cc([N+](=O)[O-])cn(CC2CCCCO2)c1=O. The maximum atomic E-state index is 11.9. The third-order valence-corrected chi connectivity index (χ3v) is 3.08. The first-order valence-corrected chi connectivity index (χ1v) is 6.02. The van der Waals surface area contributed by atoms with Gasteiger partial charge in [-0.15, -0.1) is 0 Å². The van der Waals surface area contributed by atoms with Crippen molar-refractivity contribution in [3.63, 3.8) is 0 Å². The fraction of sp³-hybridized carbons (Fsp3) is 0.500. The van der Waals surface area contributed by atoms with Crippen LogP contribution in [-0.2, 0) is 11.3 Å². The second-order valence-electron chi connectivity index (χ2n) is 4.43. The number of nitro groups is 1. The molecule has 1 aromatic heterocycles. The van der Waals surface area contributed by atoms with Gasteiger partial charge in [-0.25, -0.2) is 0 Å². The summed E-state index contributed by atoms with van der Waals surface area (Å²) in [7, 11) is 0. The largest absolute Gasteiger partial charge is 0.376 e. The molecule has 7 heteroatoms. The van der Waals surface area contributed by atoms with Crippen LogP contribution in [0.2, 0.25) is 0 Å². The van der Waals surface area contributed by atoms with E-state index in [0.717, 1.165) is 25.3 Å². The molecule has 1 fully saturated rings. The molecule has 2 rings (SSSR count). The molecule has 2 heterocycles. The van der Waals surface area contributed by atoms with E-state index >= 15 is 0 Å². The molecule has 0 aliphatic carbocycles. The Morgan fingerprint density at radius 1 is 1.58 bits per heavy atom. The quantitative estimate of drug-likeness (QED) is 0.602. The summed E-state index contributed by atoms with van der Waals surface area (Å²) < 4.78 is 6.70. The molecule has 1 saturated heterocycles. The molecule has 0 amide bonds. The topological polar surface area (TPSA) is 98.2 Å². The minimum Gasteiger partial charge on any atom is -0.376 e. The van der Waals surface area contributed by atoms with Crippen LogP contribution in [0, 0.1) is 21.4 Å². The molecule has 0 aromatic carbocycles. The van der Waals surface area contributed by atoms with Gasteiger partial charge in [0.05, 0.1) is 23.8 Å². The Kier molecular flexibility index (Phi) is 3.92. The van der Waals surface area contributed by atoms with Crippen LogP contribution in [0.4, 0.5) is 5.69 Å². The summed E-state index contributed by atoms with van der Waals surface area (Å²) in [5.74, 6) is 0. The summed E-state index contributed by atoms with van der Waals surface area (Å²) in [4.78, 5) is 22.1. The molecular weight excluding hydrogens is 250 g/mol. The lowest BCUT2D eigenvalue weighted by molar-refractivity contribution is -0.385. The Bertz CT molecular complexity index is 582. The molecule has 0 N–H and O–H groups in total. The van der Waals surface area contributed by atoms with Gasteiger partial charge in [0, 0.05) is 12.7 Å². The van der Waals surface area contributed by atoms with Crippen molar-refractivity contribution in [3.05, 3.63) is 38.3 Å². The van der Waals surface area contributed by atoms with Gasteiger partial charge in [-0.05, 0) is 19.3 Å². The standard InChI is InChI=1S/C12H13N3O4/c13-6-9-5-10(15(17)18)7-14(12(9)16)8-11-3-1-2-4-19-11/h5,7,11H,1-4,8H2. The number of aromatic nitrogens is 1. The predicted molar refractivity (Wildman–Crippen MR) is 65.7 cm³/mol. The van der Waals surface area contributed by atoms with Gasteiger partial charge in [-0.2, -0.15) is 5.26 Å². The molecule has 1 aromatic rings. The van der Waals surface area contributed by atoms with Crippen molar-refractivity contribution in [3.8, 4) is 6.07 Å². The van der Waals surface area contributed by atoms with Crippen LogP contribution in [-0.4, -0.2) is 22.2 Å². The van der Waals surface area contributed by atoms with E-state index in [1.165, 1.54) is 10.8 Å². The molecule has 19 heavy (non-hydrogen) atoms. The molecular formula is C12H13N3O4. The molecule has 0 bridgehead atoms. The molecule has 0 spiro atoms. The molecule has 0 radical (unpaired) electrons. The van der Waals surface area contributed by atoms with E-state index in [0.29, 0.717) is 6.61 Å². The lowest BCUT2D eigenvalue weighted by Crippen LogP contribution is -2.31. The van der Waals surface area contributed by atoms with E-state index < -0.39 is 10.5 Å². The predicted octanol–water partition coefficient (Wildman–Crippen LogP) is 1.20. The lowest BCUT2D eigenvalue weighted by atomic mass is 10.1. The van der Waals surface area contributed by atoms with Crippen LogP contribution in [0.25, 0.3) is 0 Å². The highest BCUT2D eigenvalue weighted by Gasteiger charge is 2.18. The van der Waals surface area contributed by atoms with Crippen molar-refractivity contribution in [1.82, 2.24) is 4.57 Å². The fourth-order valence-corrected chi connectivity index (χ4v) is 2.11. The average Bonchev–Trinajstić information content (AvgIpc) is 2.42. The monoisotopic (exact) mass is 263 g/mol. The number of hydrogen-bond acceptors (Lipinski definition) is 5. The number of pyridine rings is 1. The summed E-state index contributed by atoms with van der Waals surface area (Å²) in [6, 6.07) is 2.69. The Labute approximate surface area is 109 Å². The van der Waals surface area contributed by atoms with Gasteiger partial charge in [0.25, 0.3) is 11.2 Å². The van der Waals surface area contributed by atoms with E-state index in [2.05, 4.69) is 0 Å². The molecule has 100 valence electrons. The van der Waals surface area contributed by atoms with Gasteiger partial charge >= 0.3 is 0 Å². The van der Waals surface area contributed by atoms with E-state index in [-0.39, 0.29) is 23.9 Å². The summed E-state index contributed by atoms with van der Waals surface area (Å²) in [5, 5.41) is 19.6. The first kappa shape index (κ1) is 13.2. The highest BCUT2D eigenvalue weighted by atomic mass is 16.6. The van der Waals surface area contributed by atoms with Gasteiger partial charge in [-0.1, -0.05) is 0 Å². The Hall–Kier alpha value is -2.20. The highest BCUT2D eigenvalue weighted by Crippen LogP contribution is 2.15. The number of nitrogens with zero attached hydrogens (tertiary/aromatic N) is 3. The van der Waals surface area contributed by atoms with Crippen LogP contribution in [0.1, 0.15) is 24.8 Å². The molecule has 1 unspecified atom stereocenters. The number of rotatable bonds is 3. The highest BCUT2D eigenvalue weighted by molar-refractivity contribution is 5.37. The smallest absolute Gasteiger partial charge is 0.287 e. The van der Waals surface area contributed by atoms with E-state index in [9.17, 15) is 14.9 Å². The van der Waals surface area contributed by atoms with Crippen molar-refractivity contribution in [2.45, 2.75) is 31.9 Å². The van der Waals surface area contributed by atoms with Crippen molar-refractivity contribution in [2.75, 3.05) is 6.61 Å². The van der Waals surface area contributed by atoms with E-state index in [1.807, 2.05) is 0 Å². The van der Waals surface area contributed by atoms with Gasteiger partial charge in [0.2, 0.25) is 0 Å². The zero-order valence-electron chi connectivity index (χ0n) is 10.2. The summed E-state index contributed by atoms with van der Waals surface area (Å²) >= 11 is 0. The second kappa shape index (κ2) is 5.63. The molecule has 1 aliphatic heterocycles. The summed E-state index contributed by atoms with van der Waals surface area (Å²) in [6.07, 6.45) is 3.86.